The largest absolute Gasteiger partial charge is 0.369 e. The number of rotatable bonds is 2. The van der Waals surface area contributed by atoms with E-state index >= 15 is 0 Å². The van der Waals surface area contributed by atoms with Crippen molar-refractivity contribution in [2.45, 2.75) is 26.8 Å². The number of aromatic nitrogens is 2. The van der Waals surface area contributed by atoms with Crippen LogP contribution in [0.15, 0.2) is 6.07 Å². The summed E-state index contributed by atoms with van der Waals surface area (Å²) in [5.74, 6) is 1.77. The zero-order valence-electron chi connectivity index (χ0n) is 7.51. The Morgan fingerprint density at radius 1 is 1.58 bits per heavy atom. The van der Waals surface area contributed by atoms with E-state index in [2.05, 4.69) is 29.1 Å². The molecule has 0 bridgehead atoms. The number of nitrogens with one attached hydrogen (secondary N) is 2. The van der Waals surface area contributed by atoms with Crippen molar-refractivity contribution < 1.29 is 0 Å². The molecule has 0 atom stereocenters. The average Bonchev–Trinajstić information content (AvgIpc) is 1.81. The van der Waals surface area contributed by atoms with Crippen LogP contribution in [0, 0.1) is 11.6 Å². The maximum absolute atomic E-state index is 4.97. The van der Waals surface area contributed by atoms with E-state index in [-0.39, 0.29) is 0 Å². The fourth-order valence-electron chi connectivity index (χ4n) is 0.969. The molecule has 0 saturated heterocycles. The van der Waals surface area contributed by atoms with Crippen LogP contribution in [-0.4, -0.2) is 16.0 Å². The van der Waals surface area contributed by atoms with Crippen LogP contribution in [0.2, 0.25) is 0 Å². The van der Waals surface area contributed by atoms with Crippen molar-refractivity contribution in [2.75, 3.05) is 5.32 Å². The second-order valence-electron chi connectivity index (χ2n) is 3.02. The summed E-state index contributed by atoms with van der Waals surface area (Å²) in [6.45, 7) is 6.04. The van der Waals surface area contributed by atoms with Crippen LogP contribution in [0.25, 0.3) is 0 Å². The van der Waals surface area contributed by atoms with Gasteiger partial charge in [-0.25, -0.2) is 4.98 Å². The van der Waals surface area contributed by atoms with Gasteiger partial charge >= 0.3 is 0 Å². The van der Waals surface area contributed by atoms with Crippen molar-refractivity contribution >= 4 is 18.0 Å². The summed E-state index contributed by atoms with van der Waals surface area (Å²) in [6.07, 6.45) is 0. The summed E-state index contributed by atoms with van der Waals surface area (Å²) < 4.78 is 0.620. The van der Waals surface area contributed by atoms with Crippen molar-refractivity contribution in [2.24, 2.45) is 0 Å². The quantitative estimate of drug-likeness (QED) is 0.691. The SMILES string of the molecule is Cc1nc(=S)cc(NC(C)C)[nH]1. The maximum atomic E-state index is 4.97. The number of hydrogen-bond donors (Lipinski definition) is 2. The van der Waals surface area contributed by atoms with E-state index in [4.69, 9.17) is 12.2 Å². The molecule has 0 fully saturated rings. The molecule has 0 aliphatic heterocycles. The molecule has 0 radical (unpaired) electrons. The molecule has 4 heteroatoms. The van der Waals surface area contributed by atoms with Crippen LogP contribution >= 0.6 is 12.2 Å². The van der Waals surface area contributed by atoms with Crippen LogP contribution in [0.3, 0.4) is 0 Å². The molecule has 0 spiro atoms. The molecule has 0 aromatic carbocycles. The standard InChI is InChI=1S/C8H13N3S/c1-5(2)9-7-4-8(12)11-6(3)10-7/h4-5H,1-3H3,(H2,9,10,11,12). The first-order valence-corrected chi connectivity index (χ1v) is 4.33. The highest BCUT2D eigenvalue weighted by Gasteiger charge is 1.96. The molecule has 1 aromatic rings. The Hall–Kier alpha value is -0.900. The van der Waals surface area contributed by atoms with Crippen LogP contribution in [-0.2, 0) is 0 Å². The van der Waals surface area contributed by atoms with Crippen molar-refractivity contribution in [3.63, 3.8) is 0 Å². The summed E-state index contributed by atoms with van der Waals surface area (Å²) in [5, 5.41) is 3.22. The van der Waals surface area contributed by atoms with Crippen molar-refractivity contribution in [3.05, 3.63) is 16.5 Å². The fraction of sp³-hybridized carbons (Fsp3) is 0.500. The highest BCUT2D eigenvalue weighted by Crippen LogP contribution is 2.04. The van der Waals surface area contributed by atoms with Gasteiger partial charge in [-0.05, 0) is 20.8 Å². The first kappa shape index (κ1) is 9.19. The number of nitrogens with zero attached hydrogens (tertiary/aromatic N) is 1. The van der Waals surface area contributed by atoms with E-state index in [1.165, 1.54) is 0 Å². The minimum absolute atomic E-state index is 0.400. The zero-order chi connectivity index (χ0) is 9.14. The van der Waals surface area contributed by atoms with Gasteiger partial charge in [-0.3, -0.25) is 0 Å². The van der Waals surface area contributed by atoms with Crippen LogP contribution in [0.1, 0.15) is 19.7 Å². The Morgan fingerprint density at radius 3 is 2.75 bits per heavy atom. The number of H-pyrrole nitrogens is 1. The van der Waals surface area contributed by atoms with Gasteiger partial charge in [0.2, 0.25) is 0 Å². The normalized spacial score (nSPS) is 10.3. The predicted molar refractivity (Wildman–Crippen MR) is 52.9 cm³/mol. The lowest BCUT2D eigenvalue weighted by Crippen LogP contribution is -2.11. The van der Waals surface area contributed by atoms with E-state index < -0.39 is 0 Å². The summed E-state index contributed by atoms with van der Waals surface area (Å²) in [4.78, 5) is 7.15. The Labute approximate surface area is 77.2 Å². The van der Waals surface area contributed by atoms with Gasteiger partial charge in [0.15, 0.2) is 0 Å². The van der Waals surface area contributed by atoms with Gasteiger partial charge in [0, 0.05) is 12.1 Å². The van der Waals surface area contributed by atoms with Gasteiger partial charge in [-0.15, -0.1) is 0 Å². The number of aromatic amines is 1. The van der Waals surface area contributed by atoms with E-state index in [1.54, 1.807) is 0 Å². The van der Waals surface area contributed by atoms with Crippen LogP contribution < -0.4 is 5.32 Å². The van der Waals surface area contributed by atoms with Crippen LogP contribution in [0.5, 0.6) is 0 Å². The summed E-state index contributed by atoms with van der Waals surface area (Å²) in [6, 6.07) is 2.22. The Bertz CT molecular complexity index is 316. The minimum Gasteiger partial charge on any atom is -0.369 e. The van der Waals surface area contributed by atoms with E-state index in [0.717, 1.165) is 11.6 Å². The smallest absolute Gasteiger partial charge is 0.131 e. The maximum Gasteiger partial charge on any atom is 0.131 e. The fourth-order valence-corrected chi connectivity index (χ4v) is 1.22. The molecule has 3 nitrogen and oxygen atoms in total. The Kier molecular flexibility index (Phi) is 2.81. The van der Waals surface area contributed by atoms with E-state index in [9.17, 15) is 0 Å². The summed E-state index contributed by atoms with van der Waals surface area (Å²) in [5.41, 5.74) is 0. The summed E-state index contributed by atoms with van der Waals surface area (Å²) in [7, 11) is 0. The van der Waals surface area contributed by atoms with Crippen LogP contribution in [0.4, 0.5) is 5.82 Å². The Morgan fingerprint density at radius 2 is 2.25 bits per heavy atom. The van der Waals surface area contributed by atoms with Gasteiger partial charge in [-0.1, -0.05) is 12.2 Å². The lowest BCUT2D eigenvalue weighted by Gasteiger charge is -2.09. The molecule has 12 heavy (non-hydrogen) atoms. The second kappa shape index (κ2) is 3.67. The lowest BCUT2D eigenvalue weighted by molar-refractivity contribution is 0.879. The molecule has 0 aliphatic carbocycles. The van der Waals surface area contributed by atoms with Crippen molar-refractivity contribution in [1.82, 2.24) is 9.97 Å². The monoisotopic (exact) mass is 183 g/mol. The highest BCUT2D eigenvalue weighted by atomic mass is 32.1. The third-order valence-corrected chi connectivity index (χ3v) is 1.51. The Balaban J connectivity index is 2.93. The molecule has 2 N–H and O–H groups in total. The highest BCUT2D eigenvalue weighted by molar-refractivity contribution is 7.71. The molecular weight excluding hydrogens is 170 g/mol. The number of hydrogen-bond acceptors (Lipinski definition) is 3. The van der Waals surface area contributed by atoms with Crippen molar-refractivity contribution in [1.29, 1.82) is 0 Å². The molecule has 0 aliphatic rings. The molecule has 0 saturated carbocycles. The topological polar surface area (TPSA) is 40.7 Å². The molecule has 1 rings (SSSR count). The number of anilines is 1. The van der Waals surface area contributed by atoms with Gasteiger partial charge in [0.25, 0.3) is 0 Å². The van der Waals surface area contributed by atoms with Gasteiger partial charge < -0.3 is 10.3 Å². The second-order valence-corrected chi connectivity index (χ2v) is 3.44. The van der Waals surface area contributed by atoms with Gasteiger partial charge in [0.1, 0.15) is 16.3 Å². The molecule has 0 amide bonds. The average molecular weight is 183 g/mol. The lowest BCUT2D eigenvalue weighted by atomic mass is 10.4. The minimum atomic E-state index is 0.400. The molecule has 0 unspecified atom stereocenters. The molecule has 66 valence electrons. The third-order valence-electron chi connectivity index (χ3n) is 1.31. The summed E-state index contributed by atoms with van der Waals surface area (Å²) >= 11 is 4.97. The van der Waals surface area contributed by atoms with Gasteiger partial charge in [-0.2, -0.15) is 0 Å². The predicted octanol–water partition coefficient (Wildman–Crippen LogP) is 2.27. The third kappa shape index (κ3) is 2.62. The zero-order valence-corrected chi connectivity index (χ0v) is 8.33. The van der Waals surface area contributed by atoms with E-state index in [1.807, 2.05) is 13.0 Å². The van der Waals surface area contributed by atoms with Gasteiger partial charge in [0.05, 0.1) is 0 Å². The number of aryl methyl sites for hydroxylation is 1. The first-order chi connectivity index (χ1) is 5.58. The van der Waals surface area contributed by atoms with Crippen molar-refractivity contribution in [3.8, 4) is 0 Å². The van der Waals surface area contributed by atoms with E-state index in [0.29, 0.717) is 10.7 Å². The molecule has 1 heterocycles. The first-order valence-electron chi connectivity index (χ1n) is 3.92. The molecular formula is C8H13N3S. The molecule has 1 aromatic heterocycles.